The Morgan fingerprint density at radius 3 is 2.26 bits per heavy atom. The van der Waals surface area contributed by atoms with Crippen LogP contribution in [0, 0.1) is 11.8 Å². The highest BCUT2D eigenvalue weighted by atomic mass is 16.9. The predicted molar refractivity (Wildman–Crippen MR) is 63.8 cm³/mol. The van der Waals surface area contributed by atoms with Gasteiger partial charge in [0, 0.05) is 26.2 Å². The number of hydrogen-bond acceptors (Lipinski definition) is 6. The van der Waals surface area contributed by atoms with Gasteiger partial charge in [0.05, 0.1) is 19.1 Å². The van der Waals surface area contributed by atoms with Crippen LogP contribution in [0.1, 0.15) is 33.6 Å². The summed E-state index contributed by atoms with van der Waals surface area (Å²) in [5.41, 5.74) is 0. The van der Waals surface area contributed by atoms with E-state index in [4.69, 9.17) is 18.9 Å². The van der Waals surface area contributed by atoms with Crippen LogP contribution in [0.15, 0.2) is 0 Å². The van der Waals surface area contributed by atoms with Gasteiger partial charge in [0.1, 0.15) is 0 Å². The quantitative estimate of drug-likeness (QED) is 0.717. The minimum Gasteiger partial charge on any atom is -0.466 e. The van der Waals surface area contributed by atoms with Crippen LogP contribution in [0.2, 0.25) is 0 Å². The first-order valence-electron chi connectivity index (χ1n) is 6.55. The van der Waals surface area contributed by atoms with Gasteiger partial charge in [-0.25, -0.2) is 0 Å². The van der Waals surface area contributed by atoms with E-state index in [1.807, 2.05) is 6.92 Å². The van der Waals surface area contributed by atoms with Gasteiger partial charge in [0.25, 0.3) is 0 Å². The third-order valence-corrected chi connectivity index (χ3v) is 3.70. The molecule has 0 N–H and O–H groups in total. The lowest BCUT2D eigenvalue weighted by molar-refractivity contribution is -0.460. The van der Waals surface area contributed by atoms with E-state index in [-0.39, 0.29) is 36.7 Å². The van der Waals surface area contributed by atoms with Crippen LogP contribution in [0.4, 0.5) is 0 Å². The number of rotatable bonds is 4. The van der Waals surface area contributed by atoms with Crippen LogP contribution in [0.5, 0.6) is 0 Å². The molecule has 0 radical (unpaired) electrons. The lowest BCUT2D eigenvalue weighted by atomic mass is 9.93. The molecule has 2 fully saturated rings. The zero-order valence-corrected chi connectivity index (χ0v) is 11.5. The van der Waals surface area contributed by atoms with Crippen LogP contribution in [0.3, 0.4) is 0 Å². The molecule has 0 aromatic heterocycles. The topological polar surface area (TPSA) is 71.1 Å². The Bertz CT molecular complexity index is 360. The summed E-state index contributed by atoms with van der Waals surface area (Å²) in [5, 5.41) is 0. The van der Waals surface area contributed by atoms with Crippen molar-refractivity contribution in [3.8, 4) is 0 Å². The number of hydrogen-bond donors (Lipinski definition) is 0. The second-order valence-corrected chi connectivity index (χ2v) is 5.13. The summed E-state index contributed by atoms with van der Waals surface area (Å²) in [7, 11) is 0. The van der Waals surface area contributed by atoms with Crippen LogP contribution in [-0.2, 0) is 28.5 Å². The van der Waals surface area contributed by atoms with Crippen molar-refractivity contribution in [2.75, 3.05) is 13.2 Å². The van der Waals surface area contributed by atoms with Crippen LogP contribution in [0.25, 0.3) is 0 Å². The van der Waals surface area contributed by atoms with Gasteiger partial charge in [-0.1, -0.05) is 0 Å². The Morgan fingerprint density at radius 1 is 1.16 bits per heavy atom. The standard InChI is InChI=1S/C13H20O6/c1-8(14)16-6-11-4-5-13(18-10(3)19-13)12(11)7-17-9(2)15/h10-12H,4-7H2,1-3H3/t10-,11?,12?,13-. The van der Waals surface area contributed by atoms with Crippen molar-refractivity contribution in [2.45, 2.75) is 45.7 Å². The molecule has 108 valence electrons. The van der Waals surface area contributed by atoms with Gasteiger partial charge in [0.15, 0.2) is 12.1 Å². The maximum atomic E-state index is 11.0. The summed E-state index contributed by atoms with van der Waals surface area (Å²) in [4.78, 5) is 21.9. The van der Waals surface area contributed by atoms with E-state index in [0.717, 1.165) is 12.8 Å². The van der Waals surface area contributed by atoms with Crippen molar-refractivity contribution in [1.82, 2.24) is 0 Å². The van der Waals surface area contributed by atoms with Gasteiger partial charge in [-0.3, -0.25) is 9.59 Å². The second kappa shape index (κ2) is 5.46. The van der Waals surface area contributed by atoms with Crippen molar-refractivity contribution in [1.29, 1.82) is 0 Å². The van der Waals surface area contributed by atoms with Gasteiger partial charge in [-0.2, -0.15) is 0 Å². The zero-order chi connectivity index (χ0) is 14.0. The Kier molecular flexibility index (Phi) is 4.10. The zero-order valence-electron chi connectivity index (χ0n) is 11.5. The Labute approximate surface area is 112 Å². The lowest BCUT2D eigenvalue weighted by Crippen LogP contribution is -2.57. The van der Waals surface area contributed by atoms with Crippen LogP contribution in [-0.4, -0.2) is 37.2 Å². The maximum Gasteiger partial charge on any atom is 0.302 e. The second-order valence-electron chi connectivity index (χ2n) is 5.13. The maximum absolute atomic E-state index is 11.0. The molecule has 0 amide bonds. The molecule has 1 saturated carbocycles. The Balaban J connectivity index is 1.98. The summed E-state index contributed by atoms with van der Waals surface area (Å²) >= 11 is 0. The summed E-state index contributed by atoms with van der Waals surface area (Å²) in [6.07, 6.45) is 1.33. The summed E-state index contributed by atoms with van der Waals surface area (Å²) in [6, 6.07) is 0. The monoisotopic (exact) mass is 272 g/mol. The first-order chi connectivity index (χ1) is 8.93. The summed E-state index contributed by atoms with van der Waals surface area (Å²) in [6.45, 7) is 5.11. The fourth-order valence-corrected chi connectivity index (χ4v) is 2.89. The average molecular weight is 272 g/mol. The number of esters is 2. The van der Waals surface area contributed by atoms with Crippen molar-refractivity contribution in [2.24, 2.45) is 11.8 Å². The largest absolute Gasteiger partial charge is 0.466 e. The van der Waals surface area contributed by atoms with Crippen molar-refractivity contribution >= 4 is 11.9 Å². The van der Waals surface area contributed by atoms with Crippen molar-refractivity contribution < 1.29 is 28.5 Å². The Morgan fingerprint density at radius 2 is 1.74 bits per heavy atom. The molecule has 0 aromatic carbocycles. The molecule has 19 heavy (non-hydrogen) atoms. The van der Waals surface area contributed by atoms with E-state index in [2.05, 4.69) is 0 Å². The fraction of sp³-hybridized carbons (Fsp3) is 0.846. The van der Waals surface area contributed by atoms with E-state index < -0.39 is 5.79 Å². The van der Waals surface area contributed by atoms with Gasteiger partial charge < -0.3 is 18.9 Å². The molecule has 2 unspecified atom stereocenters. The molecule has 6 nitrogen and oxygen atoms in total. The molecule has 0 aromatic rings. The highest BCUT2D eigenvalue weighted by molar-refractivity contribution is 5.66. The average Bonchev–Trinajstić information content (AvgIpc) is 2.62. The molecule has 1 aliphatic heterocycles. The molecule has 1 spiro atoms. The van der Waals surface area contributed by atoms with Crippen molar-refractivity contribution in [3.05, 3.63) is 0 Å². The summed E-state index contributed by atoms with van der Waals surface area (Å²) in [5.74, 6) is -1.31. The van der Waals surface area contributed by atoms with E-state index in [1.165, 1.54) is 13.8 Å². The molecular formula is C13H20O6. The molecule has 2 rings (SSSR count). The van der Waals surface area contributed by atoms with Gasteiger partial charge >= 0.3 is 11.9 Å². The highest BCUT2D eigenvalue weighted by Gasteiger charge is 2.58. The number of ether oxygens (including phenoxy) is 4. The molecule has 2 atom stereocenters. The molecule has 1 aliphatic carbocycles. The number of carbonyl (C=O) groups is 2. The normalized spacial score (nSPS) is 36.9. The van der Waals surface area contributed by atoms with Gasteiger partial charge in [-0.05, 0) is 13.3 Å². The third-order valence-electron chi connectivity index (χ3n) is 3.70. The first-order valence-corrected chi connectivity index (χ1v) is 6.55. The molecule has 0 bridgehead atoms. The van der Waals surface area contributed by atoms with E-state index in [1.54, 1.807) is 0 Å². The van der Waals surface area contributed by atoms with Crippen LogP contribution < -0.4 is 0 Å². The van der Waals surface area contributed by atoms with E-state index in [9.17, 15) is 9.59 Å². The SMILES string of the molecule is CC(=O)OCC1CC[C@]2(O[C@@H](C)O2)C1COC(C)=O. The molecule has 1 saturated heterocycles. The lowest BCUT2D eigenvalue weighted by Gasteiger charge is -2.48. The minimum atomic E-state index is -0.667. The fourth-order valence-electron chi connectivity index (χ4n) is 2.89. The molecule has 6 heteroatoms. The minimum absolute atomic E-state index is 0.0908. The van der Waals surface area contributed by atoms with Crippen molar-refractivity contribution in [3.63, 3.8) is 0 Å². The van der Waals surface area contributed by atoms with Gasteiger partial charge in [-0.15, -0.1) is 0 Å². The number of carbonyl (C=O) groups excluding carboxylic acids is 2. The van der Waals surface area contributed by atoms with E-state index >= 15 is 0 Å². The van der Waals surface area contributed by atoms with Crippen LogP contribution >= 0.6 is 0 Å². The smallest absolute Gasteiger partial charge is 0.302 e. The molecule has 2 aliphatic rings. The van der Waals surface area contributed by atoms with E-state index in [0.29, 0.717) is 6.61 Å². The summed E-state index contributed by atoms with van der Waals surface area (Å²) < 4.78 is 21.6. The first kappa shape index (κ1) is 14.3. The predicted octanol–water partition coefficient (Wildman–Crippen LogP) is 1.23. The molecular weight excluding hydrogens is 252 g/mol. The highest BCUT2D eigenvalue weighted by Crippen LogP contribution is 2.50. The molecule has 1 heterocycles. The van der Waals surface area contributed by atoms with Gasteiger partial charge in [0.2, 0.25) is 0 Å². The third kappa shape index (κ3) is 3.06. The Hall–Kier alpha value is -1.14.